The van der Waals surface area contributed by atoms with Crippen molar-refractivity contribution in [1.82, 2.24) is 5.32 Å². The van der Waals surface area contributed by atoms with Crippen LogP contribution in [-0.2, 0) is 16.0 Å². The fourth-order valence-corrected chi connectivity index (χ4v) is 2.05. The number of aryl methyl sites for hydroxylation is 1. The Morgan fingerprint density at radius 2 is 1.95 bits per heavy atom. The van der Waals surface area contributed by atoms with Gasteiger partial charge in [0, 0.05) is 5.92 Å². The first-order valence-electron chi connectivity index (χ1n) is 6.74. The summed E-state index contributed by atoms with van der Waals surface area (Å²) in [6, 6.07) is 9.20. The molecular weight excluding hydrogens is 242 g/mol. The van der Waals surface area contributed by atoms with Crippen molar-refractivity contribution < 1.29 is 14.7 Å². The molecule has 1 amide bonds. The van der Waals surface area contributed by atoms with Crippen LogP contribution < -0.4 is 5.32 Å². The lowest BCUT2D eigenvalue weighted by Crippen LogP contribution is -2.41. The van der Waals surface area contributed by atoms with E-state index in [9.17, 15) is 9.59 Å². The Morgan fingerprint density at radius 1 is 1.26 bits per heavy atom. The topological polar surface area (TPSA) is 66.4 Å². The Morgan fingerprint density at radius 3 is 2.53 bits per heavy atom. The first kappa shape index (κ1) is 13.6. The zero-order chi connectivity index (χ0) is 13.7. The van der Waals surface area contributed by atoms with E-state index >= 15 is 0 Å². The van der Waals surface area contributed by atoms with Crippen molar-refractivity contribution in [1.29, 1.82) is 0 Å². The highest BCUT2D eigenvalue weighted by Gasteiger charge is 2.32. The van der Waals surface area contributed by atoms with Crippen molar-refractivity contribution in [2.24, 2.45) is 5.92 Å². The Hall–Kier alpha value is -1.84. The molecular formula is C15H19NO3. The molecule has 1 saturated carbocycles. The van der Waals surface area contributed by atoms with Crippen molar-refractivity contribution in [3.05, 3.63) is 35.9 Å². The predicted molar refractivity (Wildman–Crippen MR) is 71.7 cm³/mol. The number of carboxylic acids is 1. The van der Waals surface area contributed by atoms with Crippen LogP contribution in [0.2, 0.25) is 0 Å². The summed E-state index contributed by atoms with van der Waals surface area (Å²) in [5, 5.41) is 11.7. The number of benzene rings is 1. The number of rotatable bonds is 7. The lowest BCUT2D eigenvalue weighted by Gasteiger charge is -2.14. The molecule has 1 atom stereocenters. The number of aliphatic carboxylic acids is 1. The first-order chi connectivity index (χ1) is 9.16. The maximum absolute atomic E-state index is 11.6. The van der Waals surface area contributed by atoms with E-state index in [1.165, 1.54) is 5.56 Å². The predicted octanol–water partition coefficient (Wildman–Crippen LogP) is 1.99. The van der Waals surface area contributed by atoms with Crippen LogP contribution in [0.15, 0.2) is 30.3 Å². The number of carbonyl (C=O) groups excluding carboxylic acids is 1. The molecule has 1 fully saturated rings. The normalized spacial score (nSPS) is 15.8. The Bertz CT molecular complexity index is 440. The second kappa shape index (κ2) is 6.36. The van der Waals surface area contributed by atoms with Crippen LogP contribution in [0, 0.1) is 5.92 Å². The highest BCUT2D eigenvalue weighted by Crippen LogP contribution is 2.29. The van der Waals surface area contributed by atoms with Crippen molar-refractivity contribution in [3.8, 4) is 0 Å². The van der Waals surface area contributed by atoms with Crippen LogP contribution in [0.3, 0.4) is 0 Å². The molecule has 102 valence electrons. The standard InChI is InChI=1S/C15H19NO3/c17-14(12-9-10-12)16-13(15(18)19)8-4-7-11-5-2-1-3-6-11/h1-3,5-6,12-13H,4,7-10H2,(H,16,17)(H,18,19)/t13-/m0/s1. The maximum Gasteiger partial charge on any atom is 0.326 e. The number of hydrogen-bond donors (Lipinski definition) is 2. The van der Waals surface area contributed by atoms with Gasteiger partial charge in [0.25, 0.3) is 0 Å². The number of carboxylic acid groups (broad SMARTS) is 1. The minimum atomic E-state index is -0.943. The molecule has 1 aliphatic carbocycles. The third kappa shape index (κ3) is 4.39. The first-order valence-corrected chi connectivity index (χ1v) is 6.74. The van der Waals surface area contributed by atoms with Gasteiger partial charge in [0.05, 0.1) is 0 Å². The highest BCUT2D eigenvalue weighted by atomic mass is 16.4. The second-order valence-electron chi connectivity index (χ2n) is 5.05. The van der Waals surface area contributed by atoms with Gasteiger partial charge in [-0.15, -0.1) is 0 Å². The molecule has 0 spiro atoms. The van der Waals surface area contributed by atoms with Crippen molar-refractivity contribution in [3.63, 3.8) is 0 Å². The average molecular weight is 261 g/mol. The van der Waals surface area contributed by atoms with Gasteiger partial charge in [0.1, 0.15) is 6.04 Å². The van der Waals surface area contributed by atoms with Gasteiger partial charge in [-0.1, -0.05) is 30.3 Å². The van der Waals surface area contributed by atoms with Gasteiger partial charge in [-0.2, -0.15) is 0 Å². The highest BCUT2D eigenvalue weighted by molar-refractivity contribution is 5.86. The summed E-state index contributed by atoms with van der Waals surface area (Å²) < 4.78 is 0. The molecule has 2 rings (SSSR count). The summed E-state index contributed by atoms with van der Waals surface area (Å²) in [6.45, 7) is 0. The lowest BCUT2D eigenvalue weighted by atomic mass is 10.0. The van der Waals surface area contributed by atoms with Gasteiger partial charge in [0.2, 0.25) is 5.91 Å². The van der Waals surface area contributed by atoms with E-state index in [1.54, 1.807) is 0 Å². The van der Waals surface area contributed by atoms with Crippen molar-refractivity contribution in [2.75, 3.05) is 0 Å². The van der Waals surface area contributed by atoms with Crippen LogP contribution in [-0.4, -0.2) is 23.0 Å². The van der Waals surface area contributed by atoms with E-state index < -0.39 is 12.0 Å². The minimum Gasteiger partial charge on any atom is -0.480 e. The molecule has 0 aliphatic heterocycles. The molecule has 4 heteroatoms. The van der Waals surface area contributed by atoms with Crippen molar-refractivity contribution in [2.45, 2.75) is 38.1 Å². The number of hydrogen-bond acceptors (Lipinski definition) is 2. The summed E-state index contributed by atoms with van der Waals surface area (Å²) in [5.41, 5.74) is 1.19. The SMILES string of the molecule is O=C(N[C@@H](CCCc1ccccc1)C(=O)O)C1CC1. The van der Waals surface area contributed by atoms with Gasteiger partial charge in [-0.05, 0) is 37.7 Å². The summed E-state index contributed by atoms with van der Waals surface area (Å²) in [7, 11) is 0. The molecule has 1 aliphatic rings. The monoisotopic (exact) mass is 261 g/mol. The molecule has 1 aromatic carbocycles. The van der Waals surface area contributed by atoms with E-state index in [4.69, 9.17) is 5.11 Å². The maximum atomic E-state index is 11.6. The summed E-state index contributed by atoms with van der Waals surface area (Å²) in [5.74, 6) is -0.995. The zero-order valence-corrected chi connectivity index (χ0v) is 10.8. The van der Waals surface area contributed by atoms with Gasteiger partial charge < -0.3 is 10.4 Å². The van der Waals surface area contributed by atoms with Crippen molar-refractivity contribution >= 4 is 11.9 Å². The van der Waals surface area contributed by atoms with Crippen LogP contribution in [0.1, 0.15) is 31.2 Å². The Balaban J connectivity index is 1.77. The van der Waals surface area contributed by atoms with Gasteiger partial charge in [-0.3, -0.25) is 4.79 Å². The zero-order valence-electron chi connectivity index (χ0n) is 10.8. The number of amides is 1. The number of carbonyl (C=O) groups is 2. The quantitative estimate of drug-likeness (QED) is 0.788. The lowest BCUT2D eigenvalue weighted by molar-refractivity contribution is -0.142. The molecule has 2 N–H and O–H groups in total. The van der Waals surface area contributed by atoms with E-state index in [-0.39, 0.29) is 11.8 Å². The smallest absolute Gasteiger partial charge is 0.326 e. The van der Waals surface area contributed by atoms with E-state index in [2.05, 4.69) is 5.32 Å². The third-order valence-corrected chi connectivity index (χ3v) is 3.36. The summed E-state index contributed by atoms with van der Waals surface area (Å²) >= 11 is 0. The molecule has 0 unspecified atom stereocenters. The molecule has 0 aromatic heterocycles. The van der Waals surface area contributed by atoms with E-state index in [0.717, 1.165) is 25.7 Å². The molecule has 1 aromatic rings. The molecule has 0 saturated heterocycles. The summed E-state index contributed by atoms with van der Waals surface area (Å²) in [4.78, 5) is 22.7. The Labute approximate surface area is 112 Å². The van der Waals surface area contributed by atoms with Gasteiger partial charge >= 0.3 is 5.97 Å². The third-order valence-electron chi connectivity index (χ3n) is 3.36. The number of nitrogens with one attached hydrogen (secondary N) is 1. The molecule has 0 bridgehead atoms. The van der Waals surface area contributed by atoms with Crippen LogP contribution >= 0.6 is 0 Å². The van der Waals surface area contributed by atoms with Gasteiger partial charge in [0.15, 0.2) is 0 Å². The van der Waals surface area contributed by atoms with Gasteiger partial charge in [-0.25, -0.2) is 4.79 Å². The van der Waals surface area contributed by atoms with E-state index in [0.29, 0.717) is 6.42 Å². The molecule has 19 heavy (non-hydrogen) atoms. The van der Waals surface area contributed by atoms with Crippen LogP contribution in [0.4, 0.5) is 0 Å². The molecule has 0 radical (unpaired) electrons. The fourth-order valence-electron chi connectivity index (χ4n) is 2.05. The Kier molecular flexibility index (Phi) is 4.55. The minimum absolute atomic E-state index is 0.0518. The average Bonchev–Trinajstić information content (AvgIpc) is 3.22. The second-order valence-corrected chi connectivity index (χ2v) is 5.05. The molecule has 4 nitrogen and oxygen atoms in total. The summed E-state index contributed by atoms with van der Waals surface area (Å²) in [6.07, 6.45) is 3.85. The fraction of sp³-hybridized carbons (Fsp3) is 0.467. The van der Waals surface area contributed by atoms with Crippen LogP contribution in [0.5, 0.6) is 0 Å². The van der Waals surface area contributed by atoms with Crippen LogP contribution in [0.25, 0.3) is 0 Å². The largest absolute Gasteiger partial charge is 0.480 e. The molecule has 0 heterocycles. The van der Waals surface area contributed by atoms with E-state index in [1.807, 2.05) is 30.3 Å².